The van der Waals surface area contributed by atoms with Crippen LogP contribution >= 0.6 is 50.9 Å². The number of hydrogen-bond acceptors (Lipinski definition) is 5. The van der Waals surface area contributed by atoms with Gasteiger partial charge >= 0.3 is 0 Å². The highest BCUT2D eigenvalue weighted by Crippen LogP contribution is 2.26. The van der Waals surface area contributed by atoms with Gasteiger partial charge in [-0.25, -0.2) is 0 Å². The number of benzene rings is 2. The Balaban J connectivity index is 1.75. The van der Waals surface area contributed by atoms with Crippen LogP contribution in [0.1, 0.15) is 52.9 Å². The van der Waals surface area contributed by atoms with Crippen molar-refractivity contribution in [3.63, 3.8) is 0 Å². The molecule has 0 bridgehead atoms. The topological polar surface area (TPSA) is 76.9 Å². The van der Waals surface area contributed by atoms with E-state index in [-0.39, 0.29) is 28.5 Å². The molecule has 0 radical (unpaired) electrons. The number of aromatic nitrogens is 3. The minimum Gasteiger partial charge on any atom is -0.342 e. The number of ketones is 1. The van der Waals surface area contributed by atoms with Gasteiger partial charge in [0.05, 0.1) is 22.4 Å². The van der Waals surface area contributed by atoms with E-state index in [1.54, 1.807) is 24.3 Å². The van der Waals surface area contributed by atoms with Gasteiger partial charge in [-0.05, 0) is 42.7 Å². The van der Waals surface area contributed by atoms with E-state index < -0.39 is 0 Å². The number of halogens is 3. The van der Waals surface area contributed by atoms with Gasteiger partial charge in [0.1, 0.15) is 0 Å². The van der Waals surface area contributed by atoms with Gasteiger partial charge in [-0.15, -0.1) is 10.2 Å². The minimum atomic E-state index is -0.377. The van der Waals surface area contributed by atoms with Crippen LogP contribution in [0.5, 0.6) is 0 Å². The summed E-state index contributed by atoms with van der Waals surface area (Å²) in [7, 11) is 1.83. The summed E-state index contributed by atoms with van der Waals surface area (Å²) < 4.78 is 2.74. The summed E-state index contributed by atoms with van der Waals surface area (Å²) in [4.78, 5) is 25.4. The van der Waals surface area contributed by atoms with Crippen molar-refractivity contribution in [3.05, 3.63) is 73.9 Å². The fourth-order valence-corrected chi connectivity index (χ4v) is 4.79. The average molecular weight is 570 g/mol. The van der Waals surface area contributed by atoms with E-state index in [0.29, 0.717) is 39.5 Å². The van der Waals surface area contributed by atoms with Crippen LogP contribution in [0.3, 0.4) is 0 Å². The summed E-state index contributed by atoms with van der Waals surface area (Å²) in [5.41, 5.74) is 0.976. The largest absolute Gasteiger partial charge is 0.342 e. The Morgan fingerprint density at radius 1 is 1.12 bits per heavy atom. The fraction of sp³-hybridized carbons (Fsp3) is 0.304. The molecule has 0 aliphatic rings. The van der Waals surface area contributed by atoms with Gasteiger partial charge in [0.2, 0.25) is 0 Å². The first-order chi connectivity index (χ1) is 15.7. The Kier molecular flexibility index (Phi) is 8.98. The average Bonchev–Trinajstić information content (AvgIpc) is 3.12. The number of nitrogens with one attached hydrogen (secondary N) is 1. The number of Topliss-reactive ketones (excluding diaryl/α,β-unsaturated/α-hetero) is 1. The number of carbonyl (C=O) groups is 2. The highest BCUT2D eigenvalue weighted by Gasteiger charge is 2.24. The second-order valence-corrected chi connectivity index (χ2v) is 10.6. The lowest BCUT2D eigenvalue weighted by molar-refractivity contribution is 0.0928. The normalized spacial score (nSPS) is 12.1. The lowest BCUT2D eigenvalue weighted by Crippen LogP contribution is -2.31. The molecule has 0 saturated heterocycles. The van der Waals surface area contributed by atoms with Crippen LogP contribution in [0, 0.1) is 5.92 Å². The van der Waals surface area contributed by atoms with Gasteiger partial charge in [-0.1, -0.05) is 76.9 Å². The number of hydrogen-bond donors (Lipinski definition) is 1. The Morgan fingerprint density at radius 2 is 1.82 bits per heavy atom. The molecule has 0 unspecified atom stereocenters. The number of thioether (sulfide) groups is 1. The molecule has 1 N–H and O–H groups in total. The highest BCUT2D eigenvalue weighted by atomic mass is 79.9. The number of carbonyl (C=O) groups excluding carboxylic acids is 2. The summed E-state index contributed by atoms with van der Waals surface area (Å²) in [6.07, 6.45) is 0.658. The highest BCUT2D eigenvalue weighted by molar-refractivity contribution is 9.10. The van der Waals surface area contributed by atoms with Crippen molar-refractivity contribution in [1.82, 2.24) is 20.1 Å². The van der Waals surface area contributed by atoms with E-state index in [9.17, 15) is 9.59 Å². The SMILES string of the molecule is CC(C)C[C@H](NC(=O)c1ccc(Cl)cc1Cl)c1nnc(SCC(=O)c2ccc(Br)cc2)n1C. The molecule has 1 atom stereocenters. The van der Waals surface area contributed by atoms with Crippen molar-refractivity contribution in [3.8, 4) is 0 Å². The van der Waals surface area contributed by atoms with Gasteiger partial charge in [0.25, 0.3) is 5.91 Å². The molecular formula is C23H23BrCl2N4O2S. The molecule has 1 heterocycles. The van der Waals surface area contributed by atoms with Gasteiger partial charge in [-0.2, -0.15) is 0 Å². The van der Waals surface area contributed by atoms with E-state index in [1.165, 1.54) is 17.8 Å². The molecule has 0 saturated carbocycles. The maximum atomic E-state index is 12.9. The molecule has 1 amide bonds. The summed E-state index contributed by atoms with van der Waals surface area (Å²) in [5, 5.41) is 12.9. The Bertz CT molecular complexity index is 1150. The van der Waals surface area contributed by atoms with Gasteiger partial charge in [-0.3, -0.25) is 9.59 Å². The van der Waals surface area contributed by atoms with Gasteiger partial charge in [0, 0.05) is 22.1 Å². The van der Waals surface area contributed by atoms with Crippen LogP contribution in [-0.4, -0.2) is 32.2 Å². The fourth-order valence-electron chi connectivity index (χ4n) is 3.21. The third-order valence-electron chi connectivity index (χ3n) is 4.87. The molecule has 0 aliphatic carbocycles. The predicted octanol–water partition coefficient (Wildman–Crippen LogP) is 6.38. The predicted molar refractivity (Wildman–Crippen MR) is 136 cm³/mol. The van der Waals surface area contributed by atoms with Crippen molar-refractivity contribution in [2.24, 2.45) is 13.0 Å². The Morgan fingerprint density at radius 3 is 2.45 bits per heavy atom. The second kappa shape index (κ2) is 11.5. The number of amides is 1. The van der Waals surface area contributed by atoms with Crippen molar-refractivity contribution < 1.29 is 9.59 Å². The van der Waals surface area contributed by atoms with E-state index in [1.807, 2.05) is 23.7 Å². The molecule has 0 spiro atoms. The molecule has 0 fully saturated rings. The zero-order chi connectivity index (χ0) is 24.1. The number of nitrogens with zero attached hydrogens (tertiary/aromatic N) is 3. The Hall–Kier alpha value is -1.87. The minimum absolute atomic E-state index is 0.00136. The van der Waals surface area contributed by atoms with E-state index >= 15 is 0 Å². The van der Waals surface area contributed by atoms with Crippen LogP contribution < -0.4 is 5.32 Å². The first-order valence-electron chi connectivity index (χ1n) is 10.2. The zero-order valence-electron chi connectivity index (χ0n) is 18.3. The van der Waals surface area contributed by atoms with Crippen LogP contribution in [0.25, 0.3) is 0 Å². The summed E-state index contributed by atoms with van der Waals surface area (Å²) in [6.45, 7) is 4.13. The van der Waals surface area contributed by atoms with E-state index in [4.69, 9.17) is 23.2 Å². The standard InChI is InChI=1S/C23H23BrCl2N4O2S/c1-13(2)10-19(27-22(32)17-9-8-16(25)11-18(17)26)21-28-29-23(30(21)3)33-12-20(31)14-4-6-15(24)7-5-14/h4-9,11,13,19H,10,12H2,1-3H3,(H,27,32)/t19-/m0/s1. The van der Waals surface area contributed by atoms with Crippen LogP contribution in [0.4, 0.5) is 0 Å². The molecule has 6 nitrogen and oxygen atoms in total. The maximum absolute atomic E-state index is 12.9. The van der Waals surface area contributed by atoms with Crippen molar-refractivity contribution in [2.75, 3.05) is 5.75 Å². The third-order valence-corrected chi connectivity index (χ3v) is 6.96. The number of rotatable bonds is 9. The zero-order valence-corrected chi connectivity index (χ0v) is 22.2. The monoisotopic (exact) mass is 568 g/mol. The quantitative estimate of drug-likeness (QED) is 0.239. The lowest BCUT2D eigenvalue weighted by Gasteiger charge is -2.20. The molecule has 0 aliphatic heterocycles. The molecule has 3 aromatic rings. The van der Waals surface area contributed by atoms with Crippen LogP contribution in [0.15, 0.2) is 52.1 Å². The summed E-state index contributed by atoms with van der Waals surface area (Å²) in [6, 6.07) is 11.6. The second-order valence-electron chi connectivity index (χ2n) is 7.90. The molecule has 10 heteroatoms. The van der Waals surface area contributed by atoms with Crippen LogP contribution in [-0.2, 0) is 7.05 Å². The van der Waals surface area contributed by atoms with Gasteiger partial charge in [0.15, 0.2) is 16.8 Å². The smallest absolute Gasteiger partial charge is 0.253 e. The first kappa shape index (κ1) is 25.7. The molecule has 2 aromatic carbocycles. The lowest BCUT2D eigenvalue weighted by atomic mass is 10.0. The molecule has 33 heavy (non-hydrogen) atoms. The van der Waals surface area contributed by atoms with Crippen LogP contribution in [0.2, 0.25) is 10.0 Å². The molecule has 174 valence electrons. The Labute approximate surface area is 215 Å². The maximum Gasteiger partial charge on any atom is 0.253 e. The first-order valence-corrected chi connectivity index (χ1v) is 12.8. The van der Waals surface area contributed by atoms with E-state index in [2.05, 4.69) is 45.3 Å². The third kappa shape index (κ3) is 6.82. The van der Waals surface area contributed by atoms with Crippen molar-refractivity contribution in [2.45, 2.75) is 31.5 Å². The molecule has 3 rings (SSSR count). The summed E-state index contributed by atoms with van der Waals surface area (Å²) >= 11 is 16.8. The van der Waals surface area contributed by atoms with Crippen molar-refractivity contribution >= 4 is 62.6 Å². The molecular weight excluding hydrogens is 547 g/mol. The van der Waals surface area contributed by atoms with Gasteiger partial charge < -0.3 is 9.88 Å². The summed E-state index contributed by atoms with van der Waals surface area (Å²) in [5.74, 6) is 0.824. The van der Waals surface area contributed by atoms with E-state index in [0.717, 1.165) is 4.47 Å². The molecule has 1 aromatic heterocycles. The van der Waals surface area contributed by atoms with Crippen molar-refractivity contribution in [1.29, 1.82) is 0 Å².